The highest BCUT2D eigenvalue weighted by Crippen LogP contribution is 2.26. The zero-order chi connectivity index (χ0) is 18.6. The minimum Gasteiger partial charge on any atom is -0.481 e. The van der Waals surface area contributed by atoms with Crippen LogP contribution in [0.15, 0.2) is 28.9 Å². The lowest BCUT2D eigenvalue weighted by atomic mass is 10.1. The number of fused-ring (bicyclic) bond motifs is 1. The molecule has 6 heteroatoms. The van der Waals surface area contributed by atoms with Gasteiger partial charge in [-0.1, -0.05) is 6.92 Å². The molecule has 0 saturated carbocycles. The van der Waals surface area contributed by atoms with Gasteiger partial charge in [0.05, 0.1) is 17.7 Å². The van der Waals surface area contributed by atoms with E-state index in [2.05, 4.69) is 26.2 Å². The Hall–Kier alpha value is -1.66. The zero-order valence-electron chi connectivity index (χ0n) is 15.4. The van der Waals surface area contributed by atoms with Gasteiger partial charge < -0.3 is 14.8 Å². The monoisotopic (exact) mass is 408 g/mol. The van der Waals surface area contributed by atoms with E-state index in [1.54, 1.807) is 13.3 Å². The first-order valence-corrected chi connectivity index (χ1v) is 9.08. The number of hydrogen-bond donors (Lipinski definition) is 1. The smallest absolute Gasteiger partial charge is 0.261 e. The maximum absolute atomic E-state index is 12.6. The van der Waals surface area contributed by atoms with Gasteiger partial charge in [-0.3, -0.25) is 9.78 Å². The highest BCUT2D eigenvalue weighted by atomic mass is 79.9. The van der Waals surface area contributed by atoms with Crippen molar-refractivity contribution in [1.82, 2.24) is 10.3 Å². The Labute approximate surface area is 157 Å². The first-order valence-electron chi connectivity index (χ1n) is 8.29. The molecule has 0 radical (unpaired) electrons. The molecule has 0 aliphatic rings. The molecule has 2 aromatic rings. The summed E-state index contributed by atoms with van der Waals surface area (Å²) in [5.74, 6) is 0.520. The highest BCUT2D eigenvalue weighted by Gasteiger charge is 2.26. The van der Waals surface area contributed by atoms with E-state index < -0.39 is 11.6 Å². The van der Waals surface area contributed by atoms with Gasteiger partial charge in [0, 0.05) is 23.2 Å². The molecule has 0 fully saturated rings. The Kier molecular flexibility index (Phi) is 6.41. The highest BCUT2D eigenvalue weighted by molar-refractivity contribution is 9.10. The van der Waals surface area contributed by atoms with Gasteiger partial charge in [0.1, 0.15) is 5.75 Å². The summed E-state index contributed by atoms with van der Waals surface area (Å²) in [5, 5.41) is 3.95. The second-order valence-corrected chi connectivity index (χ2v) is 7.70. The van der Waals surface area contributed by atoms with E-state index in [0.717, 1.165) is 20.9 Å². The van der Waals surface area contributed by atoms with Crippen molar-refractivity contribution < 1.29 is 14.3 Å². The van der Waals surface area contributed by atoms with Gasteiger partial charge in [-0.2, -0.15) is 0 Å². The van der Waals surface area contributed by atoms with E-state index in [1.165, 1.54) is 0 Å². The number of halogens is 1. The number of aromatic nitrogens is 1. The van der Waals surface area contributed by atoms with Gasteiger partial charge in [0.2, 0.25) is 0 Å². The van der Waals surface area contributed by atoms with Crippen molar-refractivity contribution in [3.05, 3.63) is 34.4 Å². The number of benzene rings is 1. The van der Waals surface area contributed by atoms with Crippen molar-refractivity contribution in [3.8, 4) is 5.75 Å². The molecule has 0 aliphatic heterocycles. The Bertz CT molecular complexity index is 762. The summed E-state index contributed by atoms with van der Waals surface area (Å²) in [6.07, 6.45) is 1.78. The summed E-state index contributed by atoms with van der Waals surface area (Å²) in [6.45, 7) is 8.19. The van der Waals surface area contributed by atoms with Crippen LogP contribution in [-0.4, -0.2) is 36.3 Å². The van der Waals surface area contributed by atoms with Crippen LogP contribution in [0.1, 0.15) is 32.8 Å². The number of methoxy groups -OCH3 is 1. The van der Waals surface area contributed by atoms with Crippen molar-refractivity contribution in [1.29, 1.82) is 0 Å². The maximum Gasteiger partial charge on any atom is 0.261 e. The first-order chi connectivity index (χ1) is 11.8. The average Bonchev–Trinajstić information content (AvgIpc) is 2.51. The normalized spacial score (nSPS) is 12.9. The van der Waals surface area contributed by atoms with Crippen LogP contribution in [-0.2, 0) is 9.53 Å². The van der Waals surface area contributed by atoms with Crippen molar-refractivity contribution in [3.63, 3.8) is 0 Å². The second-order valence-electron chi connectivity index (χ2n) is 6.79. The van der Waals surface area contributed by atoms with Gasteiger partial charge in [0.15, 0.2) is 6.10 Å². The lowest BCUT2D eigenvalue weighted by molar-refractivity contribution is -0.130. The van der Waals surface area contributed by atoms with Crippen molar-refractivity contribution in [2.24, 2.45) is 0 Å². The van der Waals surface area contributed by atoms with Gasteiger partial charge in [-0.25, -0.2) is 0 Å². The van der Waals surface area contributed by atoms with Crippen LogP contribution in [0.5, 0.6) is 5.75 Å². The third kappa shape index (κ3) is 5.16. The molecule has 1 N–H and O–H groups in total. The molecular weight excluding hydrogens is 384 g/mol. The van der Waals surface area contributed by atoms with Gasteiger partial charge in [-0.05, 0) is 66.9 Å². The average molecular weight is 409 g/mol. The van der Waals surface area contributed by atoms with Crippen LogP contribution in [0.4, 0.5) is 0 Å². The van der Waals surface area contributed by atoms with Crippen LogP contribution in [0, 0.1) is 6.92 Å². The van der Waals surface area contributed by atoms with E-state index in [4.69, 9.17) is 9.47 Å². The van der Waals surface area contributed by atoms with Crippen LogP contribution < -0.4 is 10.1 Å². The molecule has 136 valence electrons. The number of ether oxygens (including phenoxy) is 2. The minimum atomic E-state index is -0.562. The summed E-state index contributed by atoms with van der Waals surface area (Å²) in [6, 6.07) is 5.82. The fourth-order valence-electron chi connectivity index (χ4n) is 2.74. The second kappa shape index (κ2) is 8.15. The summed E-state index contributed by atoms with van der Waals surface area (Å²) in [5.41, 5.74) is 1.49. The molecule has 0 saturated heterocycles. The summed E-state index contributed by atoms with van der Waals surface area (Å²) in [7, 11) is 1.62. The molecule has 1 aromatic carbocycles. The molecule has 0 bridgehead atoms. The molecular formula is C19H25BrN2O3. The van der Waals surface area contributed by atoms with E-state index >= 15 is 0 Å². The standard InChI is InChI=1S/C19H25BrN2O3/c1-6-16(18(23)22-19(3,4)11-24-5)25-15-7-12(2)17-13(9-15)8-14(20)10-21-17/h7-10,16H,6,11H2,1-5H3,(H,22,23). The summed E-state index contributed by atoms with van der Waals surface area (Å²) in [4.78, 5) is 17.0. The molecule has 1 unspecified atom stereocenters. The predicted octanol–water partition coefficient (Wildman–Crippen LogP) is 4.00. The number of amides is 1. The number of nitrogens with zero attached hydrogens (tertiary/aromatic N) is 1. The minimum absolute atomic E-state index is 0.144. The number of nitrogens with one attached hydrogen (secondary N) is 1. The lowest BCUT2D eigenvalue weighted by Crippen LogP contribution is -2.51. The van der Waals surface area contributed by atoms with E-state index in [-0.39, 0.29) is 5.91 Å². The van der Waals surface area contributed by atoms with Gasteiger partial charge in [0.25, 0.3) is 5.91 Å². The number of carbonyl (C=O) groups excluding carboxylic acids is 1. The first kappa shape index (κ1) is 19.7. The molecule has 5 nitrogen and oxygen atoms in total. The largest absolute Gasteiger partial charge is 0.481 e. The molecule has 1 atom stereocenters. The topological polar surface area (TPSA) is 60.5 Å². The van der Waals surface area contributed by atoms with Crippen LogP contribution >= 0.6 is 15.9 Å². The molecule has 1 heterocycles. The lowest BCUT2D eigenvalue weighted by Gasteiger charge is -2.28. The van der Waals surface area contributed by atoms with Crippen LogP contribution in [0.25, 0.3) is 10.9 Å². The van der Waals surface area contributed by atoms with Gasteiger partial charge >= 0.3 is 0 Å². The summed E-state index contributed by atoms with van der Waals surface area (Å²) >= 11 is 3.44. The Morgan fingerprint density at radius 1 is 1.36 bits per heavy atom. The molecule has 0 aliphatic carbocycles. The Morgan fingerprint density at radius 3 is 2.72 bits per heavy atom. The van der Waals surface area contributed by atoms with Crippen LogP contribution in [0.3, 0.4) is 0 Å². The number of hydrogen-bond acceptors (Lipinski definition) is 4. The summed E-state index contributed by atoms with van der Waals surface area (Å²) < 4.78 is 12.0. The fourth-order valence-corrected chi connectivity index (χ4v) is 3.09. The van der Waals surface area contributed by atoms with Gasteiger partial charge in [-0.15, -0.1) is 0 Å². The SMILES string of the molecule is CCC(Oc1cc(C)c2ncc(Br)cc2c1)C(=O)NC(C)(C)COC. The molecule has 1 amide bonds. The van der Waals surface area contributed by atoms with Crippen LogP contribution in [0.2, 0.25) is 0 Å². The third-order valence-electron chi connectivity index (χ3n) is 3.82. The quantitative estimate of drug-likeness (QED) is 0.751. The number of pyridine rings is 1. The number of aryl methyl sites for hydroxylation is 1. The third-order valence-corrected chi connectivity index (χ3v) is 4.26. The Morgan fingerprint density at radius 2 is 2.08 bits per heavy atom. The number of rotatable bonds is 7. The Balaban J connectivity index is 2.21. The predicted molar refractivity (Wildman–Crippen MR) is 103 cm³/mol. The molecule has 2 rings (SSSR count). The maximum atomic E-state index is 12.6. The van der Waals surface area contributed by atoms with Crippen molar-refractivity contribution in [2.45, 2.75) is 45.8 Å². The number of carbonyl (C=O) groups is 1. The fraction of sp³-hybridized carbons (Fsp3) is 0.474. The van der Waals surface area contributed by atoms with E-state index in [0.29, 0.717) is 18.8 Å². The van der Waals surface area contributed by atoms with Crippen molar-refractivity contribution in [2.75, 3.05) is 13.7 Å². The van der Waals surface area contributed by atoms with Crippen molar-refractivity contribution >= 4 is 32.7 Å². The molecule has 0 spiro atoms. The van der Waals surface area contributed by atoms with E-state index in [1.807, 2.05) is 45.9 Å². The van der Waals surface area contributed by atoms with E-state index in [9.17, 15) is 4.79 Å². The zero-order valence-corrected chi connectivity index (χ0v) is 16.9. The molecule has 25 heavy (non-hydrogen) atoms. The molecule has 1 aromatic heterocycles.